The molecule has 1 heteroatoms. The molecular formula is C17H19N. The van der Waals surface area contributed by atoms with Gasteiger partial charge in [0.1, 0.15) is 0 Å². The predicted octanol–water partition coefficient (Wildman–Crippen LogP) is 4.26. The summed E-state index contributed by atoms with van der Waals surface area (Å²) >= 11 is 0. The molecule has 0 fully saturated rings. The molecule has 0 radical (unpaired) electrons. The molecule has 1 nitrogen and oxygen atoms in total. The van der Waals surface area contributed by atoms with Crippen molar-refractivity contribution in [3.63, 3.8) is 0 Å². The zero-order valence-corrected chi connectivity index (χ0v) is 11.5. The fourth-order valence-corrected chi connectivity index (χ4v) is 2.99. The molecule has 1 aromatic heterocycles. The summed E-state index contributed by atoms with van der Waals surface area (Å²) in [6.07, 6.45) is 4.92. The van der Waals surface area contributed by atoms with Crippen LogP contribution in [0.1, 0.15) is 43.0 Å². The monoisotopic (exact) mass is 237 g/mol. The average Bonchev–Trinajstić information content (AvgIpc) is 2.65. The van der Waals surface area contributed by atoms with E-state index >= 15 is 0 Å². The van der Waals surface area contributed by atoms with E-state index in [2.05, 4.69) is 50.9 Å². The number of aryl methyl sites for hydroxylation is 1. The van der Waals surface area contributed by atoms with E-state index < -0.39 is 0 Å². The van der Waals surface area contributed by atoms with Crippen LogP contribution in [0.15, 0.2) is 30.6 Å². The summed E-state index contributed by atoms with van der Waals surface area (Å²) in [4.78, 5) is 4.23. The van der Waals surface area contributed by atoms with E-state index in [1.807, 2.05) is 12.4 Å². The summed E-state index contributed by atoms with van der Waals surface area (Å²) in [5, 5.41) is 0. The number of hydrogen-bond donors (Lipinski definition) is 0. The summed E-state index contributed by atoms with van der Waals surface area (Å²) in [7, 11) is 0. The van der Waals surface area contributed by atoms with E-state index in [1.165, 1.54) is 33.4 Å². The van der Waals surface area contributed by atoms with Gasteiger partial charge in [0, 0.05) is 18.8 Å². The second-order valence-electron chi connectivity index (χ2n) is 6.28. The summed E-state index contributed by atoms with van der Waals surface area (Å²) in [6, 6.07) is 6.88. The van der Waals surface area contributed by atoms with Crippen molar-refractivity contribution in [3.05, 3.63) is 52.8 Å². The molecule has 0 saturated heterocycles. The average molecular weight is 237 g/mol. The van der Waals surface area contributed by atoms with Gasteiger partial charge in [0.2, 0.25) is 0 Å². The van der Waals surface area contributed by atoms with Crippen LogP contribution in [0.25, 0.3) is 11.1 Å². The fraction of sp³-hybridized carbons (Fsp3) is 0.353. The Morgan fingerprint density at radius 2 is 1.83 bits per heavy atom. The van der Waals surface area contributed by atoms with Crippen molar-refractivity contribution in [1.29, 1.82) is 0 Å². The Bertz CT molecular complexity index is 618. The molecule has 0 unspecified atom stereocenters. The maximum Gasteiger partial charge on any atom is 0.0309 e. The first-order valence-corrected chi connectivity index (χ1v) is 6.54. The first-order valence-electron chi connectivity index (χ1n) is 6.54. The molecule has 0 saturated carbocycles. The second kappa shape index (κ2) is 3.68. The minimum Gasteiger partial charge on any atom is -0.264 e. The lowest BCUT2D eigenvalue weighted by atomic mass is 9.82. The summed E-state index contributed by atoms with van der Waals surface area (Å²) < 4.78 is 0. The Morgan fingerprint density at radius 3 is 2.56 bits per heavy atom. The molecule has 0 aliphatic heterocycles. The van der Waals surface area contributed by atoms with Gasteiger partial charge in [-0.15, -0.1) is 0 Å². The van der Waals surface area contributed by atoms with E-state index in [0.717, 1.165) is 6.42 Å². The van der Waals surface area contributed by atoms with Crippen LogP contribution < -0.4 is 0 Å². The van der Waals surface area contributed by atoms with Gasteiger partial charge in [0.25, 0.3) is 0 Å². The van der Waals surface area contributed by atoms with E-state index in [0.29, 0.717) is 0 Å². The highest BCUT2D eigenvalue weighted by Crippen LogP contribution is 2.39. The molecule has 1 aromatic carbocycles. The third-order valence-corrected chi connectivity index (χ3v) is 3.83. The minimum absolute atomic E-state index is 0.214. The zero-order chi connectivity index (χ0) is 12.9. The maximum atomic E-state index is 4.23. The maximum absolute atomic E-state index is 4.23. The molecule has 3 rings (SSSR count). The summed E-state index contributed by atoms with van der Waals surface area (Å²) in [5.41, 5.74) is 8.65. The lowest BCUT2D eigenvalue weighted by Crippen LogP contribution is -2.13. The molecule has 92 valence electrons. The number of pyridine rings is 1. The van der Waals surface area contributed by atoms with Crippen LogP contribution in [0.4, 0.5) is 0 Å². The number of nitrogens with zero attached hydrogens (tertiary/aromatic N) is 1. The van der Waals surface area contributed by atoms with Crippen LogP contribution in [0.2, 0.25) is 0 Å². The second-order valence-corrected chi connectivity index (χ2v) is 6.28. The summed E-state index contributed by atoms with van der Waals surface area (Å²) in [6.45, 7) is 9.07. The normalized spacial score (nSPS) is 13.3. The Hall–Kier alpha value is -1.63. The van der Waals surface area contributed by atoms with Gasteiger partial charge in [-0.05, 0) is 51.8 Å². The van der Waals surface area contributed by atoms with Crippen molar-refractivity contribution in [2.45, 2.75) is 39.5 Å². The van der Waals surface area contributed by atoms with Crippen LogP contribution in [-0.2, 0) is 11.8 Å². The van der Waals surface area contributed by atoms with Gasteiger partial charge >= 0.3 is 0 Å². The molecular weight excluding hydrogens is 218 g/mol. The Labute approximate surface area is 109 Å². The molecule has 0 spiro atoms. The Kier molecular flexibility index (Phi) is 2.34. The number of hydrogen-bond acceptors (Lipinski definition) is 1. The molecule has 2 aromatic rings. The van der Waals surface area contributed by atoms with Crippen LogP contribution >= 0.6 is 0 Å². The van der Waals surface area contributed by atoms with Gasteiger partial charge in [-0.2, -0.15) is 0 Å². The van der Waals surface area contributed by atoms with Gasteiger partial charge in [-0.1, -0.05) is 32.9 Å². The number of benzene rings is 1. The highest BCUT2D eigenvalue weighted by molar-refractivity contribution is 5.77. The van der Waals surface area contributed by atoms with Crippen molar-refractivity contribution in [2.24, 2.45) is 0 Å². The van der Waals surface area contributed by atoms with Gasteiger partial charge in [0.15, 0.2) is 0 Å². The number of fused-ring (bicyclic) bond motifs is 3. The highest BCUT2D eigenvalue weighted by atomic mass is 14.6. The van der Waals surface area contributed by atoms with Crippen LogP contribution in [0.3, 0.4) is 0 Å². The molecule has 0 amide bonds. The van der Waals surface area contributed by atoms with Gasteiger partial charge in [0.05, 0.1) is 0 Å². The topological polar surface area (TPSA) is 12.9 Å². The van der Waals surface area contributed by atoms with Gasteiger partial charge in [-0.3, -0.25) is 4.98 Å². The smallest absolute Gasteiger partial charge is 0.0309 e. The lowest BCUT2D eigenvalue weighted by molar-refractivity contribution is 0.585. The zero-order valence-electron chi connectivity index (χ0n) is 11.5. The van der Waals surface area contributed by atoms with E-state index in [4.69, 9.17) is 0 Å². The number of rotatable bonds is 0. The molecule has 0 N–H and O–H groups in total. The predicted molar refractivity (Wildman–Crippen MR) is 75.9 cm³/mol. The van der Waals surface area contributed by atoms with Crippen molar-refractivity contribution < 1.29 is 0 Å². The van der Waals surface area contributed by atoms with Crippen molar-refractivity contribution >= 4 is 0 Å². The van der Waals surface area contributed by atoms with E-state index in [9.17, 15) is 0 Å². The fourth-order valence-electron chi connectivity index (χ4n) is 2.99. The molecule has 1 aliphatic carbocycles. The van der Waals surface area contributed by atoms with Crippen molar-refractivity contribution in [3.8, 4) is 11.1 Å². The van der Waals surface area contributed by atoms with Crippen molar-refractivity contribution in [2.75, 3.05) is 0 Å². The molecule has 0 atom stereocenters. The molecule has 1 aliphatic rings. The van der Waals surface area contributed by atoms with E-state index in [1.54, 1.807) is 0 Å². The first kappa shape index (κ1) is 11.5. The number of aromatic nitrogens is 1. The third-order valence-electron chi connectivity index (χ3n) is 3.83. The Morgan fingerprint density at radius 1 is 1.06 bits per heavy atom. The largest absolute Gasteiger partial charge is 0.264 e. The lowest BCUT2D eigenvalue weighted by Gasteiger charge is -2.23. The van der Waals surface area contributed by atoms with Crippen LogP contribution in [0, 0.1) is 6.92 Å². The molecule has 1 heterocycles. The Balaban J connectivity index is 2.20. The summed E-state index contributed by atoms with van der Waals surface area (Å²) in [5.74, 6) is 0. The van der Waals surface area contributed by atoms with Crippen LogP contribution in [0.5, 0.6) is 0 Å². The first-order chi connectivity index (χ1) is 8.47. The highest BCUT2D eigenvalue weighted by Gasteiger charge is 2.23. The van der Waals surface area contributed by atoms with Gasteiger partial charge < -0.3 is 0 Å². The van der Waals surface area contributed by atoms with Crippen molar-refractivity contribution in [1.82, 2.24) is 4.98 Å². The molecule has 0 bridgehead atoms. The molecule has 18 heavy (non-hydrogen) atoms. The van der Waals surface area contributed by atoms with E-state index in [-0.39, 0.29) is 5.41 Å². The SMILES string of the molecule is Cc1cc2c(cc1C(C)(C)C)Cc1cnccc1-2. The minimum atomic E-state index is 0.214. The van der Waals surface area contributed by atoms with Gasteiger partial charge in [-0.25, -0.2) is 0 Å². The van der Waals surface area contributed by atoms with Crippen LogP contribution in [-0.4, -0.2) is 4.98 Å². The quantitative estimate of drug-likeness (QED) is 0.569. The third kappa shape index (κ3) is 1.66. The standard InChI is InChI=1S/C17H19N/c1-11-7-15-12(9-16(11)17(2,3)4)8-13-10-18-6-5-14(13)15/h5-7,9-10H,8H2,1-4H3.